The summed E-state index contributed by atoms with van der Waals surface area (Å²) >= 11 is 0. The average molecular weight is 530 g/mol. The normalized spacial score (nSPS) is 17.5. The van der Waals surface area contributed by atoms with Gasteiger partial charge in [-0.3, -0.25) is 4.79 Å². The number of aliphatic hydroxyl groups excluding tert-OH is 1. The lowest BCUT2D eigenvalue weighted by molar-refractivity contribution is -0.131. The minimum Gasteiger partial charge on any atom is -0.507 e. The number of carbonyl (C=O) groups excluding carboxylic acids is 1. The molecule has 1 saturated heterocycles. The highest BCUT2D eigenvalue weighted by atomic mass is 19.1. The Balaban J connectivity index is 1.41. The third-order valence-corrected chi connectivity index (χ3v) is 7.14. The summed E-state index contributed by atoms with van der Waals surface area (Å²) in [6, 6.07) is 22.5. The van der Waals surface area contributed by atoms with E-state index in [2.05, 4.69) is 0 Å². The number of rotatable bonds is 8. The Morgan fingerprint density at radius 2 is 1.44 bits per heavy atom. The number of carboxylic acid groups (broad SMARTS) is 1. The van der Waals surface area contributed by atoms with Gasteiger partial charge in [0.1, 0.15) is 22.9 Å². The predicted molar refractivity (Wildman–Crippen MR) is 141 cm³/mol. The molecule has 39 heavy (non-hydrogen) atoms. The smallest absolute Gasteiger partial charge is 0.339 e. The Bertz CT molecular complexity index is 1500. The maximum Gasteiger partial charge on any atom is 0.339 e. The number of nitrogens with zero attached hydrogens (tertiary/aromatic N) is 1. The lowest BCUT2D eigenvalue weighted by atomic mass is 9.78. The van der Waals surface area contributed by atoms with Gasteiger partial charge in [0.15, 0.2) is 0 Å². The second-order valence-electron chi connectivity index (χ2n) is 9.54. The molecule has 1 aliphatic rings. The largest absolute Gasteiger partial charge is 0.507 e. The van der Waals surface area contributed by atoms with Crippen molar-refractivity contribution in [3.8, 4) is 16.9 Å². The van der Waals surface area contributed by atoms with E-state index in [-0.39, 0.29) is 23.3 Å². The molecule has 1 aliphatic heterocycles. The van der Waals surface area contributed by atoms with Gasteiger partial charge in [0.25, 0.3) is 0 Å². The maximum atomic E-state index is 13.6. The van der Waals surface area contributed by atoms with Crippen molar-refractivity contribution in [3.63, 3.8) is 0 Å². The first-order valence-corrected chi connectivity index (χ1v) is 12.4. The van der Waals surface area contributed by atoms with Crippen LogP contribution in [0.25, 0.3) is 11.1 Å². The number of aliphatic hydroxyl groups is 1. The molecule has 4 aromatic carbocycles. The zero-order chi connectivity index (χ0) is 27.7. The fourth-order valence-electron chi connectivity index (χ4n) is 5.05. The van der Waals surface area contributed by atoms with E-state index in [9.17, 15) is 33.7 Å². The summed E-state index contributed by atoms with van der Waals surface area (Å²) in [5.74, 6) is -2.96. The van der Waals surface area contributed by atoms with Crippen LogP contribution in [0.5, 0.6) is 5.75 Å². The average Bonchev–Trinajstić information content (AvgIpc) is 2.93. The molecular formula is C31H25F2NO5. The van der Waals surface area contributed by atoms with E-state index in [1.165, 1.54) is 48.5 Å². The Labute approximate surface area is 223 Å². The van der Waals surface area contributed by atoms with E-state index in [4.69, 9.17) is 0 Å². The number of halogens is 2. The van der Waals surface area contributed by atoms with Crippen molar-refractivity contribution in [3.05, 3.63) is 119 Å². The molecular weight excluding hydrogens is 504 g/mol. The highest BCUT2D eigenvalue weighted by Crippen LogP contribution is 2.46. The van der Waals surface area contributed by atoms with Crippen LogP contribution in [0, 0.1) is 17.6 Å². The molecule has 6 nitrogen and oxygen atoms in total. The lowest BCUT2D eigenvalue weighted by Crippen LogP contribution is -2.55. The number of benzene rings is 4. The van der Waals surface area contributed by atoms with Crippen LogP contribution >= 0.6 is 0 Å². The number of hydrogen-bond acceptors (Lipinski definition) is 4. The van der Waals surface area contributed by atoms with Gasteiger partial charge in [-0.05, 0) is 83.6 Å². The second-order valence-corrected chi connectivity index (χ2v) is 9.54. The van der Waals surface area contributed by atoms with Crippen molar-refractivity contribution in [2.75, 3.05) is 4.90 Å². The Kier molecular flexibility index (Phi) is 7.13. The van der Waals surface area contributed by atoms with Crippen molar-refractivity contribution in [1.29, 1.82) is 0 Å². The van der Waals surface area contributed by atoms with Gasteiger partial charge in [-0.15, -0.1) is 0 Å². The number of aromatic hydroxyl groups is 1. The first-order chi connectivity index (χ1) is 18.7. The molecule has 0 saturated carbocycles. The number of β-lactam (4-membered cyclic amide) rings is 1. The molecule has 5 rings (SSSR count). The molecule has 0 aromatic heterocycles. The number of carboxylic acids is 1. The maximum absolute atomic E-state index is 13.6. The van der Waals surface area contributed by atoms with Crippen molar-refractivity contribution in [1.82, 2.24) is 0 Å². The van der Waals surface area contributed by atoms with E-state index in [0.717, 1.165) is 11.1 Å². The topological polar surface area (TPSA) is 98.1 Å². The molecule has 0 radical (unpaired) electrons. The molecule has 3 N–H and O–H groups in total. The highest BCUT2D eigenvalue weighted by Gasteiger charge is 2.48. The first kappa shape index (κ1) is 26.1. The van der Waals surface area contributed by atoms with Gasteiger partial charge in [-0.2, -0.15) is 0 Å². The third-order valence-electron chi connectivity index (χ3n) is 7.14. The van der Waals surface area contributed by atoms with Crippen molar-refractivity contribution >= 4 is 17.6 Å². The van der Waals surface area contributed by atoms with Gasteiger partial charge < -0.3 is 20.2 Å². The monoisotopic (exact) mass is 529 g/mol. The summed E-state index contributed by atoms with van der Waals surface area (Å²) in [5.41, 5.74) is 3.06. The van der Waals surface area contributed by atoms with Gasteiger partial charge in [0.05, 0.1) is 18.1 Å². The van der Waals surface area contributed by atoms with Gasteiger partial charge in [0.2, 0.25) is 5.91 Å². The zero-order valence-electron chi connectivity index (χ0n) is 20.7. The molecule has 1 fully saturated rings. The predicted octanol–water partition coefficient (Wildman–Crippen LogP) is 6.25. The van der Waals surface area contributed by atoms with E-state index >= 15 is 0 Å². The van der Waals surface area contributed by atoms with Gasteiger partial charge >= 0.3 is 5.97 Å². The van der Waals surface area contributed by atoms with Crippen molar-refractivity contribution in [2.24, 2.45) is 5.92 Å². The summed E-state index contributed by atoms with van der Waals surface area (Å²) < 4.78 is 26.8. The summed E-state index contributed by atoms with van der Waals surface area (Å²) in [7, 11) is 0. The molecule has 8 heteroatoms. The second kappa shape index (κ2) is 10.7. The number of hydrogen-bond donors (Lipinski definition) is 3. The molecule has 198 valence electrons. The van der Waals surface area contributed by atoms with Crippen LogP contribution in [0.4, 0.5) is 14.5 Å². The number of anilines is 1. The van der Waals surface area contributed by atoms with Crippen LogP contribution in [0.3, 0.4) is 0 Å². The minimum atomic E-state index is -1.24. The summed E-state index contributed by atoms with van der Waals surface area (Å²) in [6.45, 7) is 0. The van der Waals surface area contributed by atoms with Crippen molar-refractivity contribution in [2.45, 2.75) is 25.0 Å². The summed E-state index contributed by atoms with van der Waals surface area (Å²) in [4.78, 5) is 26.3. The van der Waals surface area contributed by atoms with Gasteiger partial charge in [0, 0.05) is 5.69 Å². The Hall–Kier alpha value is -4.56. The standard InChI is InChI=1S/C31H25F2NO5/c32-22-8-5-19(6-9-22)27(35)16-14-25-29(34(30(25)37)24-12-10-23(33)11-13-24)20-3-1-18(2-4-20)21-7-15-28(36)26(17-21)31(38)39/h1-13,15,17,25,27,29,35-36H,14,16H2,(H,38,39). The van der Waals surface area contributed by atoms with Crippen LogP contribution in [0.15, 0.2) is 91.0 Å². The van der Waals surface area contributed by atoms with Gasteiger partial charge in [-0.25, -0.2) is 13.6 Å². The van der Waals surface area contributed by atoms with Crippen LogP contribution in [0.1, 0.15) is 46.5 Å². The highest BCUT2D eigenvalue weighted by molar-refractivity contribution is 6.03. The molecule has 1 heterocycles. The zero-order valence-corrected chi connectivity index (χ0v) is 20.7. The van der Waals surface area contributed by atoms with Crippen LogP contribution in [-0.4, -0.2) is 27.2 Å². The Morgan fingerprint density at radius 3 is 2.05 bits per heavy atom. The van der Waals surface area contributed by atoms with Crippen LogP contribution in [0.2, 0.25) is 0 Å². The molecule has 4 aromatic rings. The van der Waals surface area contributed by atoms with E-state index < -0.39 is 29.6 Å². The molecule has 0 aliphatic carbocycles. The summed E-state index contributed by atoms with van der Waals surface area (Å²) in [6.07, 6.45) is -0.194. The van der Waals surface area contributed by atoms with Crippen molar-refractivity contribution < 1.29 is 33.7 Å². The molecule has 0 bridgehead atoms. The van der Waals surface area contributed by atoms with E-state index in [1.54, 1.807) is 23.1 Å². The minimum absolute atomic E-state index is 0.147. The van der Waals surface area contributed by atoms with E-state index in [1.807, 2.05) is 24.3 Å². The Morgan fingerprint density at radius 1 is 0.846 bits per heavy atom. The first-order valence-electron chi connectivity index (χ1n) is 12.4. The number of carbonyl (C=O) groups is 2. The fourth-order valence-corrected chi connectivity index (χ4v) is 5.05. The van der Waals surface area contributed by atoms with Gasteiger partial charge in [-0.1, -0.05) is 42.5 Å². The summed E-state index contributed by atoms with van der Waals surface area (Å²) in [5, 5.41) is 29.8. The third kappa shape index (κ3) is 5.24. The van der Waals surface area contributed by atoms with Crippen LogP contribution < -0.4 is 4.90 Å². The quantitative estimate of drug-likeness (QED) is 0.234. The molecule has 1 amide bonds. The van der Waals surface area contributed by atoms with E-state index in [0.29, 0.717) is 29.7 Å². The molecule has 3 atom stereocenters. The SMILES string of the molecule is O=C(O)c1cc(-c2ccc(C3C(CCC(O)c4ccc(F)cc4)C(=O)N3c3ccc(F)cc3)cc2)ccc1O. The number of amides is 1. The van der Waals surface area contributed by atoms with Crippen LogP contribution in [-0.2, 0) is 4.79 Å². The fraction of sp³-hybridized carbons (Fsp3) is 0.161. The lowest BCUT2D eigenvalue weighted by Gasteiger charge is -2.48. The number of aromatic carboxylic acids is 1. The molecule has 0 spiro atoms. The molecule has 3 unspecified atom stereocenters. The number of phenols is 1.